The van der Waals surface area contributed by atoms with Gasteiger partial charge in [0.1, 0.15) is 22.8 Å². The monoisotopic (exact) mass is 714 g/mol. The van der Waals surface area contributed by atoms with Gasteiger partial charge in [-0.2, -0.15) is 0 Å². The van der Waals surface area contributed by atoms with Crippen molar-refractivity contribution in [3.05, 3.63) is 99.5 Å². The number of nitrogens with one attached hydrogen (secondary N) is 1. The number of hydrogen-bond acceptors (Lipinski definition) is 11. The number of aliphatic carboxylic acids is 1. The molecule has 3 amide bonds. The predicted octanol–water partition coefficient (Wildman–Crippen LogP) is 0.387. The summed E-state index contributed by atoms with van der Waals surface area (Å²) in [5.41, 5.74) is 7.75. The van der Waals surface area contributed by atoms with Crippen LogP contribution in [0.5, 0.6) is 0 Å². The molecule has 2 saturated heterocycles. The second-order valence-electron chi connectivity index (χ2n) is 11.1. The van der Waals surface area contributed by atoms with Gasteiger partial charge in [0, 0.05) is 47.5 Å². The van der Waals surface area contributed by atoms with Crippen molar-refractivity contribution in [1.29, 1.82) is 0 Å². The number of carbonyl (C=O) groups excluding carboxylic acids is 3. The fourth-order valence-electron chi connectivity index (χ4n) is 5.62. The number of thioether (sulfide) groups is 1. The molecule has 2 atom stereocenters. The fourth-order valence-corrected chi connectivity index (χ4v) is 7.47. The van der Waals surface area contributed by atoms with Gasteiger partial charge in [0.15, 0.2) is 29.8 Å². The molecule has 2 fully saturated rings. The molecule has 6 rings (SSSR count). The van der Waals surface area contributed by atoms with Crippen molar-refractivity contribution in [2.45, 2.75) is 30.9 Å². The third-order valence-electron chi connectivity index (χ3n) is 8.03. The molecule has 0 spiro atoms. The number of nitrogens with zero attached hydrogens (tertiary/aromatic N) is 5. The number of likely N-dealkylation sites (tertiary alicyclic amines) is 1. The summed E-state index contributed by atoms with van der Waals surface area (Å²) in [5.74, 6) is -3.88. The second kappa shape index (κ2) is 14.9. The number of pyridine rings is 1. The molecule has 0 radical (unpaired) electrons. The Morgan fingerprint density at radius 2 is 1.80 bits per heavy atom. The van der Waals surface area contributed by atoms with Crippen LogP contribution in [-0.2, 0) is 32.3 Å². The Morgan fingerprint density at radius 1 is 1.08 bits per heavy atom. The molecule has 0 unspecified atom stereocenters. The molecule has 3 aliphatic rings. The van der Waals surface area contributed by atoms with Crippen LogP contribution in [0.2, 0.25) is 0 Å². The number of thiazole rings is 1. The van der Waals surface area contributed by atoms with E-state index in [-0.39, 0.29) is 63.3 Å². The van der Waals surface area contributed by atoms with Gasteiger partial charge in [-0.25, -0.2) is 19.1 Å². The molecule has 18 heteroatoms. The Labute approximate surface area is 309 Å². The van der Waals surface area contributed by atoms with E-state index in [0.717, 1.165) is 27.4 Å². The summed E-state index contributed by atoms with van der Waals surface area (Å²) in [6, 6.07) is 9.37. The summed E-state index contributed by atoms with van der Waals surface area (Å²) in [4.78, 5) is 69.3. The number of aromatic nitrogens is 2. The molecule has 3 aliphatic heterocycles. The molecular formula is C31H29N7NaO8S2+. The van der Waals surface area contributed by atoms with E-state index in [1.807, 2.05) is 29.1 Å². The molecule has 0 aliphatic carbocycles. The molecule has 0 bridgehead atoms. The van der Waals surface area contributed by atoms with Crippen LogP contribution >= 0.6 is 23.1 Å². The van der Waals surface area contributed by atoms with Crippen LogP contribution in [0.15, 0.2) is 82.2 Å². The van der Waals surface area contributed by atoms with E-state index in [2.05, 4.69) is 15.5 Å². The molecule has 6 N–H and O–H groups in total. The Bertz CT molecular complexity index is 1930. The number of aromatic carboxylic acids is 1. The van der Waals surface area contributed by atoms with Crippen LogP contribution < -0.4 is 15.6 Å². The second-order valence-corrected chi connectivity index (χ2v) is 13.1. The molecule has 49 heavy (non-hydrogen) atoms. The number of nitrogens with two attached hydrogens (primary N) is 1. The van der Waals surface area contributed by atoms with Crippen LogP contribution in [-0.4, -0.2) is 119 Å². The minimum absolute atomic E-state index is 0. The number of β-lactam (4-membered cyclic amide) rings is 1. The van der Waals surface area contributed by atoms with E-state index < -0.39 is 40.9 Å². The molecule has 0 saturated carbocycles. The third kappa shape index (κ3) is 7.40. The van der Waals surface area contributed by atoms with Gasteiger partial charge in [0.2, 0.25) is 5.91 Å². The molecule has 3 aromatic rings. The maximum absolute atomic E-state index is 13.3. The summed E-state index contributed by atoms with van der Waals surface area (Å²) in [6.07, 6.45) is 5.71. The zero-order chi connectivity index (χ0) is 34.1. The van der Waals surface area contributed by atoms with Gasteiger partial charge in [0.05, 0.1) is 5.56 Å². The normalized spacial score (nSPS) is 19.8. The molecule has 248 valence electrons. The van der Waals surface area contributed by atoms with Gasteiger partial charge in [-0.1, -0.05) is 17.3 Å². The molecule has 5 heterocycles. The van der Waals surface area contributed by atoms with Crippen molar-refractivity contribution in [3.8, 4) is 0 Å². The van der Waals surface area contributed by atoms with Gasteiger partial charge < -0.3 is 31.4 Å². The number of allylic oxidation sites excluding steroid dienone is 1. The van der Waals surface area contributed by atoms with Crippen molar-refractivity contribution >= 4 is 93.2 Å². The van der Waals surface area contributed by atoms with Gasteiger partial charge >= 0.3 is 41.5 Å². The topological polar surface area (TPSA) is 220 Å². The predicted molar refractivity (Wildman–Crippen MR) is 179 cm³/mol. The number of fused-ring (bicyclic) bond motifs is 1. The Kier molecular flexibility index (Phi) is 10.9. The quantitative estimate of drug-likeness (QED) is 0.0368. The van der Waals surface area contributed by atoms with E-state index in [0.29, 0.717) is 37.2 Å². The van der Waals surface area contributed by atoms with E-state index in [1.54, 1.807) is 35.2 Å². The molecular weight excluding hydrogens is 686 g/mol. The van der Waals surface area contributed by atoms with Crippen LogP contribution in [0.4, 0.5) is 5.13 Å². The molecule has 15 nitrogen and oxygen atoms in total. The van der Waals surface area contributed by atoms with E-state index in [4.69, 9.17) is 10.8 Å². The number of anilines is 1. The first kappa shape index (κ1) is 35.7. The number of rotatable bonds is 10. The standard InChI is InChI=1S/C31H27N7O8S2.Na.H/c32-31-33-21(15-48-31)22(35-46)25(39)34-23-27(41)38-24(30(44)45)20(14-47-28(23)38)11-19-7-10-37(26(19)40)13-17-5-8-36(9-6-17)12-16-1-3-18(4-2-16)29(42)43;;/h1-6,8-9,11,15,23,28H,7,10,12-14H2,(H5-,32,33,34,39,42,43,44,45,46);;/p+1/b19-11+;;/t23-,28-;;/m1../s1. The van der Waals surface area contributed by atoms with E-state index >= 15 is 0 Å². The summed E-state index contributed by atoms with van der Waals surface area (Å²) in [5, 5.41) is 34.9. The van der Waals surface area contributed by atoms with Crippen LogP contribution in [0.1, 0.15) is 33.6 Å². The van der Waals surface area contributed by atoms with Gasteiger partial charge in [-0.3, -0.25) is 19.3 Å². The molecule has 2 aromatic heterocycles. The van der Waals surface area contributed by atoms with Gasteiger partial charge in [0.25, 0.3) is 11.8 Å². The Morgan fingerprint density at radius 3 is 2.41 bits per heavy atom. The van der Waals surface area contributed by atoms with Gasteiger partial charge in [-0.15, -0.1) is 23.1 Å². The van der Waals surface area contributed by atoms with Crippen molar-refractivity contribution in [2.24, 2.45) is 5.16 Å². The number of nitrogen functional groups attached to an aromatic ring is 1. The number of amides is 3. The van der Waals surface area contributed by atoms with Crippen LogP contribution in [0.25, 0.3) is 0 Å². The summed E-state index contributed by atoms with van der Waals surface area (Å²) < 4.78 is 1.94. The summed E-state index contributed by atoms with van der Waals surface area (Å²) >= 11 is 2.28. The number of carboxylic acids is 2. The Hall–Kier alpha value is -4.55. The van der Waals surface area contributed by atoms with Crippen LogP contribution in [0.3, 0.4) is 0 Å². The zero-order valence-electron chi connectivity index (χ0n) is 25.0. The summed E-state index contributed by atoms with van der Waals surface area (Å²) in [6.45, 7) is 1.34. The van der Waals surface area contributed by atoms with Crippen molar-refractivity contribution in [3.63, 3.8) is 0 Å². The van der Waals surface area contributed by atoms with Crippen molar-refractivity contribution < 1.29 is 44.0 Å². The third-order valence-corrected chi connectivity index (χ3v) is 10.0. The van der Waals surface area contributed by atoms with Crippen molar-refractivity contribution in [2.75, 3.05) is 18.0 Å². The Balaban J connectivity index is 0.00000468. The van der Waals surface area contributed by atoms with E-state index in [9.17, 15) is 34.3 Å². The number of hydrogen-bond donors (Lipinski definition) is 5. The van der Waals surface area contributed by atoms with Crippen molar-refractivity contribution in [1.82, 2.24) is 20.1 Å². The maximum atomic E-state index is 13.3. The van der Waals surface area contributed by atoms with E-state index in [1.165, 1.54) is 17.1 Å². The SMILES string of the molecule is Nc1nc(/C(=N/O)C(=O)N[C@@H]2C(=O)N3C(C(=O)O)=C(/C=C4\CCN(Cc5cc[n+](Cc6ccc(C(=O)O)cc6)cc5)C4=O)CS[C@H]23)cs1.[NaH]. The summed E-state index contributed by atoms with van der Waals surface area (Å²) in [7, 11) is 0. The number of carboxylic acid groups (broad SMARTS) is 2. The zero-order valence-corrected chi connectivity index (χ0v) is 26.6. The fraction of sp³-hybridized carbons (Fsp3) is 0.226. The molecule has 1 aromatic carbocycles. The first-order chi connectivity index (χ1) is 23.0. The van der Waals surface area contributed by atoms with Crippen LogP contribution in [0, 0.1) is 0 Å². The average Bonchev–Trinajstić information content (AvgIpc) is 3.65. The number of oxime groups is 1. The number of benzene rings is 1. The average molecular weight is 715 g/mol. The first-order valence-corrected chi connectivity index (χ1v) is 16.4. The number of carbonyl (C=O) groups is 5. The van der Waals surface area contributed by atoms with Gasteiger partial charge in [-0.05, 0) is 35.8 Å². The minimum atomic E-state index is -1.33. The first-order valence-electron chi connectivity index (χ1n) is 14.5.